The van der Waals surface area contributed by atoms with Crippen LogP contribution in [0.15, 0.2) is 42.6 Å². The number of hydrogen-bond acceptors (Lipinski definition) is 6. The van der Waals surface area contributed by atoms with Crippen LogP contribution in [0.4, 0.5) is 14.9 Å². The molecule has 2 aromatic rings. The largest absolute Gasteiger partial charge is 0.474 e. The lowest BCUT2D eigenvalue weighted by Crippen LogP contribution is -2.42. The summed E-state index contributed by atoms with van der Waals surface area (Å²) in [5, 5.41) is 5.15. The second-order valence-corrected chi connectivity index (χ2v) is 6.70. The van der Waals surface area contributed by atoms with E-state index in [1.54, 1.807) is 12.1 Å². The number of pyridine rings is 1. The summed E-state index contributed by atoms with van der Waals surface area (Å²) in [5.41, 5.74) is -0.688. The molecule has 0 aliphatic carbocycles. The summed E-state index contributed by atoms with van der Waals surface area (Å²) in [6.45, 7) is 1.57. The minimum absolute atomic E-state index is 0.191. The van der Waals surface area contributed by atoms with Gasteiger partial charge in [0.25, 0.3) is 5.91 Å². The predicted octanol–water partition coefficient (Wildman–Crippen LogP) is 1.65. The van der Waals surface area contributed by atoms with Gasteiger partial charge in [0.2, 0.25) is 11.8 Å². The van der Waals surface area contributed by atoms with E-state index < -0.39 is 35.7 Å². The van der Waals surface area contributed by atoms with Crippen molar-refractivity contribution in [1.29, 1.82) is 0 Å². The SMILES string of the molecule is COCCOc1ncccc1NC(=O)CN1C(=O)NC(C)(c2ccc(F)cc2)C1=O. The maximum atomic E-state index is 13.2. The number of carbonyl (C=O) groups excluding carboxylic acids is 3. The van der Waals surface area contributed by atoms with E-state index >= 15 is 0 Å². The van der Waals surface area contributed by atoms with Crippen molar-refractivity contribution >= 4 is 23.5 Å². The molecule has 1 unspecified atom stereocenters. The van der Waals surface area contributed by atoms with Gasteiger partial charge in [-0.05, 0) is 36.8 Å². The Morgan fingerprint density at radius 2 is 1.97 bits per heavy atom. The van der Waals surface area contributed by atoms with Gasteiger partial charge in [0.15, 0.2) is 0 Å². The van der Waals surface area contributed by atoms with Crippen LogP contribution in [0.2, 0.25) is 0 Å². The van der Waals surface area contributed by atoms with Gasteiger partial charge < -0.3 is 20.1 Å². The van der Waals surface area contributed by atoms with Crippen LogP contribution in [0.5, 0.6) is 5.88 Å². The van der Waals surface area contributed by atoms with Gasteiger partial charge in [0, 0.05) is 13.3 Å². The molecule has 1 aliphatic heterocycles. The minimum atomic E-state index is -1.40. The number of aromatic nitrogens is 1. The van der Waals surface area contributed by atoms with Crippen LogP contribution in [0.1, 0.15) is 12.5 Å². The molecule has 0 spiro atoms. The molecule has 1 aromatic carbocycles. The highest BCUT2D eigenvalue weighted by Crippen LogP contribution is 2.29. The van der Waals surface area contributed by atoms with Crippen LogP contribution >= 0.6 is 0 Å². The molecule has 30 heavy (non-hydrogen) atoms. The van der Waals surface area contributed by atoms with Gasteiger partial charge in [0.05, 0.1) is 6.61 Å². The van der Waals surface area contributed by atoms with E-state index in [9.17, 15) is 18.8 Å². The Balaban J connectivity index is 1.69. The van der Waals surface area contributed by atoms with Crippen molar-refractivity contribution in [2.24, 2.45) is 0 Å². The quantitative estimate of drug-likeness (QED) is 0.500. The summed E-state index contributed by atoms with van der Waals surface area (Å²) in [4.78, 5) is 42.6. The average molecular weight is 416 g/mol. The smallest absolute Gasteiger partial charge is 0.325 e. The van der Waals surface area contributed by atoms with Gasteiger partial charge in [-0.25, -0.2) is 14.2 Å². The molecule has 1 atom stereocenters. The maximum absolute atomic E-state index is 13.2. The monoisotopic (exact) mass is 416 g/mol. The van der Waals surface area contributed by atoms with Crippen LogP contribution in [-0.4, -0.2) is 54.6 Å². The van der Waals surface area contributed by atoms with Crippen molar-refractivity contribution in [2.45, 2.75) is 12.5 Å². The molecule has 1 aromatic heterocycles. The number of imide groups is 1. The standard InChI is InChI=1S/C20H21FN4O5/c1-20(13-5-7-14(21)8-6-13)18(27)25(19(28)24-20)12-16(26)23-15-4-3-9-22-17(15)30-11-10-29-2/h3-9H,10-12H2,1-2H3,(H,23,26)(H,24,28). The fourth-order valence-electron chi connectivity index (χ4n) is 2.98. The number of hydrogen-bond donors (Lipinski definition) is 2. The van der Waals surface area contributed by atoms with E-state index in [1.165, 1.54) is 44.5 Å². The molecular formula is C20H21FN4O5. The van der Waals surface area contributed by atoms with E-state index in [0.717, 1.165) is 4.90 Å². The number of anilines is 1. The number of nitrogens with one attached hydrogen (secondary N) is 2. The number of methoxy groups -OCH3 is 1. The highest BCUT2D eigenvalue weighted by atomic mass is 19.1. The molecule has 1 saturated heterocycles. The normalized spacial score (nSPS) is 18.3. The van der Waals surface area contributed by atoms with Gasteiger partial charge in [-0.1, -0.05) is 12.1 Å². The first kappa shape index (κ1) is 21.2. The van der Waals surface area contributed by atoms with Crippen molar-refractivity contribution in [1.82, 2.24) is 15.2 Å². The molecule has 0 bridgehead atoms. The number of halogens is 1. The molecule has 0 saturated carbocycles. The summed E-state index contributed by atoms with van der Waals surface area (Å²) >= 11 is 0. The molecule has 1 fully saturated rings. The van der Waals surface area contributed by atoms with E-state index in [4.69, 9.17) is 9.47 Å². The summed E-state index contributed by atoms with van der Waals surface area (Å²) in [5.74, 6) is -1.49. The van der Waals surface area contributed by atoms with Crippen LogP contribution < -0.4 is 15.4 Å². The first-order valence-corrected chi connectivity index (χ1v) is 9.12. The number of urea groups is 1. The molecule has 9 nitrogen and oxygen atoms in total. The third-order valence-corrected chi connectivity index (χ3v) is 4.57. The zero-order valence-electron chi connectivity index (χ0n) is 16.5. The molecule has 1 aliphatic rings. The van der Waals surface area contributed by atoms with Crippen molar-refractivity contribution in [3.63, 3.8) is 0 Å². The number of benzene rings is 1. The van der Waals surface area contributed by atoms with Crippen LogP contribution in [0, 0.1) is 5.82 Å². The Morgan fingerprint density at radius 3 is 2.67 bits per heavy atom. The minimum Gasteiger partial charge on any atom is -0.474 e. The van der Waals surface area contributed by atoms with Crippen molar-refractivity contribution < 1.29 is 28.2 Å². The highest BCUT2D eigenvalue weighted by Gasteiger charge is 2.49. The lowest BCUT2D eigenvalue weighted by atomic mass is 9.92. The van der Waals surface area contributed by atoms with Crippen LogP contribution in [0.25, 0.3) is 0 Å². The topological polar surface area (TPSA) is 110 Å². The van der Waals surface area contributed by atoms with Crippen LogP contribution in [-0.2, 0) is 19.9 Å². The van der Waals surface area contributed by atoms with E-state index in [2.05, 4.69) is 15.6 Å². The molecule has 2 heterocycles. The Labute approximate surface area is 172 Å². The second-order valence-electron chi connectivity index (χ2n) is 6.70. The lowest BCUT2D eigenvalue weighted by Gasteiger charge is -2.22. The molecule has 10 heteroatoms. The van der Waals surface area contributed by atoms with Gasteiger partial charge in [-0.3, -0.25) is 14.5 Å². The van der Waals surface area contributed by atoms with Crippen molar-refractivity contribution in [3.05, 3.63) is 54.0 Å². The Bertz CT molecular complexity index is 952. The van der Waals surface area contributed by atoms with Gasteiger partial charge in [-0.15, -0.1) is 0 Å². The molecule has 2 N–H and O–H groups in total. The van der Waals surface area contributed by atoms with Gasteiger partial charge >= 0.3 is 6.03 Å². The number of amides is 4. The number of nitrogens with zero attached hydrogens (tertiary/aromatic N) is 2. The maximum Gasteiger partial charge on any atom is 0.325 e. The Kier molecular flexibility index (Phi) is 6.26. The summed E-state index contributed by atoms with van der Waals surface area (Å²) < 4.78 is 23.6. The third-order valence-electron chi connectivity index (χ3n) is 4.57. The first-order valence-electron chi connectivity index (χ1n) is 9.12. The fraction of sp³-hybridized carbons (Fsp3) is 0.300. The van der Waals surface area contributed by atoms with E-state index in [0.29, 0.717) is 17.9 Å². The van der Waals surface area contributed by atoms with Gasteiger partial charge in [-0.2, -0.15) is 0 Å². The number of carbonyl (C=O) groups is 3. The lowest BCUT2D eigenvalue weighted by molar-refractivity contribution is -0.133. The van der Waals surface area contributed by atoms with Crippen molar-refractivity contribution in [3.8, 4) is 5.88 Å². The average Bonchev–Trinajstić information content (AvgIpc) is 2.94. The first-order chi connectivity index (χ1) is 14.3. The zero-order chi connectivity index (χ0) is 21.7. The predicted molar refractivity (Wildman–Crippen MR) is 104 cm³/mol. The highest BCUT2D eigenvalue weighted by molar-refractivity contribution is 6.10. The Morgan fingerprint density at radius 1 is 1.23 bits per heavy atom. The zero-order valence-corrected chi connectivity index (χ0v) is 16.5. The van der Waals surface area contributed by atoms with Crippen molar-refractivity contribution in [2.75, 3.05) is 32.2 Å². The van der Waals surface area contributed by atoms with E-state index in [-0.39, 0.29) is 12.5 Å². The summed E-state index contributed by atoms with van der Waals surface area (Å²) in [6.07, 6.45) is 1.50. The molecule has 3 rings (SSSR count). The number of ether oxygens (including phenoxy) is 2. The second kappa shape index (κ2) is 8.87. The molecule has 4 amide bonds. The molecule has 158 valence electrons. The summed E-state index contributed by atoms with van der Waals surface area (Å²) in [6, 6.07) is 7.70. The molecular weight excluding hydrogens is 395 g/mol. The molecule has 0 radical (unpaired) electrons. The fourth-order valence-corrected chi connectivity index (χ4v) is 2.98. The van der Waals surface area contributed by atoms with Gasteiger partial charge in [0.1, 0.15) is 30.2 Å². The summed E-state index contributed by atoms with van der Waals surface area (Å²) in [7, 11) is 1.53. The van der Waals surface area contributed by atoms with Crippen LogP contribution in [0.3, 0.4) is 0 Å². The van der Waals surface area contributed by atoms with E-state index in [1.807, 2.05) is 0 Å². The Hall–Kier alpha value is -3.53. The number of rotatable bonds is 8. The third kappa shape index (κ3) is 4.38.